The van der Waals surface area contributed by atoms with Crippen molar-refractivity contribution in [3.63, 3.8) is 0 Å². The minimum Gasteiger partial charge on any atom is -0.441 e. The Hall–Kier alpha value is -1.22. The van der Waals surface area contributed by atoms with Crippen molar-refractivity contribution < 1.29 is 9.53 Å². The zero-order valence-electron chi connectivity index (χ0n) is 7.87. The van der Waals surface area contributed by atoms with Crippen molar-refractivity contribution in [1.82, 2.24) is 0 Å². The van der Waals surface area contributed by atoms with Crippen LogP contribution in [0.25, 0.3) is 0 Å². The Labute approximate surface area is 87.8 Å². The summed E-state index contributed by atoms with van der Waals surface area (Å²) in [5.74, 6) is 0. The van der Waals surface area contributed by atoms with E-state index in [-0.39, 0.29) is 6.10 Å². The normalized spacial score (nSPS) is 12.1. The van der Waals surface area contributed by atoms with E-state index in [1.54, 1.807) is 6.07 Å². The van der Waals surface area contributed by atoms with Crippen molar-refractivity contribution in [3.8, 4) is 0 Å². The van der Waals surface area contributed by atoms with Crippen molar-refractivity contribution >= 4 is 17.7 Å². The third kappa shape index (κ3) is 2.64. The second-order valence-corrected chi connectivity index (χ2v) is 3.26. The summed E-state index contributed by atoms with van der Waals surface area (Å²) in [4.78, 5) is 10.6. The number of hydrogen-bond acceptors (Lipinski definition) is 2. The molecule has 1 aromatic rings. The number of primary amides is 1. The smallest absolute Gasteiger partial charge is 0.405 e. The predicted molar refractivity (Wildman–Crippen MR) is 55.2 cm³/mol. The first-order chi connectivity index (χ1) is 6.65. The summed E-state index contributed by atoms with van der Waals surface area (Å²) in [5, 5.41) is 0.584. The van der Waals surface area contributed by atoms with E-state index in [0.717, 1.165) is 5.56 Å². The molecule has 76 valence electrons. The monoisotopic (exact) mass is 213 g/mol. The van der Waals surface area contributed by atoms with E-state index in [0.29, 0.717) is 11.4 Å². The molecule has 0 saturated carbocycles. The van der Waals surface area contributed by atoms with Crippen LogP contribution >= 0.6 is 11.6 Å². The van der Waals surface area contributed by atoms with Crippen LogP contribution in [0.3, 0.4) is 0 Å². The van der Waals surface area contributed by atoms with Crippen LogP contribution in [0, 0.1) is 0 Å². The van der Waals surface area contributed by atoms with Crippen molar-refractivity contribution in [2.75, 3.05) is 0 Å². The summed E-state index contributed by atoms with van der Waals surface area (Å²) in [7, 11) is 0. The molecule has 1 atom stereocenters. The zero-order valence-corrected chi connectivity index (χ0v) is 8.62. The van der Waals surface area contributed by atoms with Gasteiger partial charge in [-0.3, -0.25) is 0 Å². The van der Waals surface area contributed by atoms with Crippen molar-refractivity contribution in [3.05, 3.63) is 34.9 Å². The quantitative estimate of drug-likeness (QED) is 0.840. The lowest BCUT2D eigenvalue weighted by Crippen LogP contribution is -2.17. The Balaban J connectivity index is 2.89. The Bertz CT molecular complexity index is 328. The minimum absolute atomic E-state index is 0.360. The first-order valence-electron chi connectivity index (χ1n) is 4.35. The van der Waals surface area contributed by atoms with Gasteiger partial charge in [0.15, 0.2) is 0 Å². The standard InChI is InChI=1S/C10H12ClNO2/c1-2-9(14-10(12)13)7-5-3-4-6-8(7)11/h3-6,9H,2H2,1H3,(H2,12,13)/t9-/m1/s1. The largest absolute Gasteiger partial charge is 0.441 e. The summed E-state index contributed by atoms with van der Waals surface area (Å²) in [6.45, 7) is 1.90. The molecule has 1 amide bonds. The van der Waals surface area contributed by atoms with Gasteiger partial charge in [0.2, 0.25) is 0 Å². The Morgan fingerprint density at radius 2 is 2.21 bits per heavy atom. The van der Waals surface area contributed by atoms with Crippen molar-refractivity contribution in [2.24, 2.45) is 5.73 Å². The number of ether oxygens (including phenoxy) is 1. The number of carbonyl (C=O) groups is 1. The molecular formula is C10H12ClNO2. The highest BCUT2D eigenvalue weighted by Crippen LogP contribution is 2.27. The lowest BCUT2D eigenvalue weighted by atomic mass is 10.1. The third-order valence-electron chi connectivity index (χ3n) is 1.88. The molecule has 0 saturated heterocycles. The van der Waals surface area contributed by atoms with Crippen LogP contribution in [0.4, 0.5) is 4.79 Å². The molecule has 0 heterocycles. The topological polar surface area (TPSA) is 52.3 Å². The summed E-state index contributed by atoms with van der Waals surface area (Å²) in [6, 6.07) is 7.24. The van der Waals surface area contributed by atoms with Crippen molar-refractivity contribution in [1.29, 1.82) is 0 Å². The molecule has 1 rings (SSSR count). The lowest BCUT2D eigenvalue weighted by Gasteiger charge is -2.15. The predicted octanol–water partition coefficient (Wildman–Crippen LogP) is 2.89. The number of hydrogen-bond donors (Lipinski definition) is 1. The maximum Gasteiger partial charge on any atom is 0.405 e. The first kappa shape index (κ1) is 10.9. The average molecular weight is 214 g/mol. The molecule has 0 aliphatic heterocycles. The van der Waals surface area contributed by atoms with E-state index in [2.05, 4.69) is 0 Å². The molecule has 0 aromatic heterocycles. The van der Waals surface area contributed by atoms with Gasteiger partial charge in [-0.25, -0.2) is 4.79 Å². The maximum atomic E-state index is 10.6. The van der Waals surface area contributed by atoms with Crippen LogP contribution in [-0.2, 0) is 4.74 Å². The second-order valence-electron chi connectivity index (χ2n) is 2.86. The fourth-order valence-corrected chi connectivity index (χ4v) is 1.50. The van der Waals surface area contributed by atoms with Crippen LogP contribution in [0.15, 0.2) is 24.3 Å². The Morgan fingerprint density at radius 1 is 1.57 bits per heavy atom. The number of rotatable bonds is 3. The molecule has 0 aliphatic rings. The molecule has 0 fully saturated rings. The van der Waals surface area contributed by atoms with Crippen molar-refractivity contribution in [2.45, 2.75) is 19.4 Å². The highest BCUT2D eigenvalue weighted by molar-refractivity contribution is 6.31. The van der Waals surface area contributed by atoms with Gasteiger partial charge in [0.1, 0.15) is 6.10 Å². The summed E-state index contributed by atoms with van der Waals surface area (Å²) < 4.78 is 4.92. The Kier molecular flexibility index (Phi) is 3.77. The number of nitrogens with two attached hydrogens (primary N) is 1. The molecule has 0 bridgehead atoms. The summed E-state index contributed by atoms with van der Waals surface area (Å²) in [6.07, 6.45) is -0.495. The van der Waals surface area contributed by atoms with Crippen LogP contribution in [0.2, 0.25) is 5.02 Å². The second kappa shape index (κ2) is 4.86. The third-order valence-corrected chi connectivity index (χ3v) is 2.23. The van der Waals surface area contributed by atoms with Crippen LogP contribution in [0.1, 0.15) is 25.0 Å². The van der Waals surface area contributed by atoms with Gasteiger partial charge < -0.3 is 10.5 Å². The van der Waals surface area contributed by atoms with E-state index in [9.17, 15) is 4.79 Å². The summed E-state index contributed by atoms with van der Waals surface area (Å²) in [5.41, 5.74) is 5.74. The SMILES string of the molecule is CC[C@@H](OC(N)=O)c1ccccc1Cl. The number of benzene rings is 1. The van der Waals surface area contributed by atoms with Gasteiger partial charge >= 0.3 is 6.09 Å². The van der Waals surface area contributed by atoms with Gasteiger partial charge in [-0.05, 0) is 12.5 Å². The van der Waals surface area contributed by atoms with Gasteiger partial charge in [-0.15, -0.1) is 0 Å². The first-order valence-corrected chi connectivity index (χ1v) is 4.73. The molecule has 1 aromatic carbocycles. The zero-order chi connectivity index (χ0) is 10.6. The molecule has 14 heavy (non-hydrogen) atoms. The van der Waals surface area contributed by atoms with Crippen LogP contribution in [-0.4, -0.2) is 6.09 Å². The van der Waals surface area contributed by atoms with E-state index in [1.807, 2.05) is 25.1 Å². The minimum atomic E-state index is -0.781. The molecule has 0 unspecified atom stereocenters. The summed E-state index contributed by atoms with van der Waals surface area (Å²) >= 11 is 5.95. The number of halogens is 1. The maximum absolute atomic E-state index is 10.6. The van der Waals surface area contributed by atoms with Gasteiger partial charge in [-0.2, -0.15) is 0 Å². The molecule has 0 aliphatic carbocycles. The molecular weight excluding hydrogens is 202 g/mol. The fraction of sp³-hybridized carbons (Fsp3) is 0.300. The van der Waals surface area contributed by atoms with Crippen LogP contribution in [0.5, 0.6) is 0 Å². The van der Waals surface area contributed by atoms with E-state index in [1.165, 1.54) is 0 Å². The highest BCUT2D eigenvalue weighted by atomic mass is 35.5. The molecule has 4 heteroatoms. The number of carbonyl (C=O) groups excluding carboxylic acids is 1. The van der Waals surface area contributed by atoms with E-state index in [4.69, 9.17) is 22.1 Å². The number of amides is 1. The fourth-order valence-electron chi connectivity index (χ4n) is 1.24. The lowest BCUT2D eigenvalue weighted by molar-refractivity contribution is 0.104. The van der Waals surface area contributed by atoms with Gasteiger partial charge in [0.25, 0.3) is 0 Å². The van der Waals surface area contributed by atoms with Gasteiger partial charge in [0, 0.05) is 10.6 Å². The van der Waals surface area contributed by atoms with Crippen LogP contribution < -0.4 is 5.73 Å². The molecule has 0 radical (unpaired) electrons. The average Bonchev–Trinajstić information content (AvgIpc) is 2.15. The molecule has 2 N–H and O–H groups in total. The van der Waals surface area contributed by atoms with E-state index >= 15 is 0 Å². The Morgan fingerprint density at radius 3 is 2.71 bits per heavy atom. The van der Waals surface area contributed by atoms with E-state index < -0.39 is 6.09 Å². The van der Waals surface area contributed by atoms with Gasteiger partial charge in [-0.1, -0.05) is 36.7 Å². The molecule has 0 spiro atoms. The molecule has 3 nitrogen and oxygen atoms in total. The van der Waals surface area contributed by atoms with Gasteiger partial charge in [0.05, 0.1) is 0 Å². The highest BCUT2D eigenvalue weighted by Gasteiger charge is 2.15.